The number of hydrogen-bond donors (Lipinski definition) is 2. The molecule has 6 heteroatoms. The molecule has 0 heterocycles. The van der Waals surface area contributed by atoms with Gasteiger partial charge in [-0.2, -0.15) is 0 Å². The van der Waals surface area contributed by atoms with Gasteiger partial charge in [0.05, 0.1) is 10.6 Å². The Labute approximate surface area is 129 Å². The summed E-state index contributed by atoms with van der Waals surface area (Å²) in [6.07, 6.45) is 2.38. The van der Waals surface area contributed by atoms with Gasteiger partial charge in [-0.25, -0.2) is 4.79 Å². The van der Waals surface area contributed by atoms with E-state index in [-0.39, 0.29) is 16.5 Å². The second kappa shape index (κ2) is 8.52. The molecule has 116 valence electrons. The highest BCUT2D eigenvalue weighted by Crippen LogP contribution is 2.22. The number of unbranched alkanes of at least 4 members (excludes halogenated alkanes) is 2. The molecule has 0 radical (unpaired) electrons. The smallest absolute Gasteiger partial charge is 0.337 e. The lowest BCUT2D eigenvalue weighted by Gasteiger charge is -2.15. The number of carboxylic acids is 1. The van der Waals surface area contributed by atoms with E-state index >= 15 is 0 Å². The Balaban J connectivity index is 2.58. The molecule has 1 aromatic rings. The van der Waals surface area contributed by atoms with Crippen LogP contribution in [0.1, 0.15) is 43.5 Å². The number of amides is 1. The standard InChI is InChI=1S/C15H20ClNO4/c1-3-4-5-8-17-14(18)10(2)21-11-6-7-13(16)12(9-11)15(19)20/h6-7,9-10H,3-5,8H2,1-2H3,(H,17,18)(H,19,20). The van der Waals surface area contributed by atoms with Crippen LogP contribution in [0.5, 0.6) is 5.75 Å². The summed E-state index contributed by atoms with van der Waals surface area (Å²) in [6.45, 7) is 4.32. The van der Waals surface area contributed by atoms with Gasteiger partial charge in [-0.15, -0.1) is 0 Å². The molecular weight excluding hydrogens is 294 g/mol. The molecule has 21 heavy (non-hydrogen) atoms. The minimum Gasteiger partial charge on any atom is -0.481 e. The average Bonchev–Trinajstić information content (AvgIpc) is 2.45. The molecule has 1 amide bonds. The first-order valence-electron chi connectivity index (χ1n) is 6.93. The lowest BCUT2D eigenvalue weighted by atomic mass is 10.2. The van der Waals surface area contributed by atoms with Crippen molar-refractivity contribution in [2.45, 2.75) is 39.2 Å². The molecule has 0 bridgehead atoms. The Hall–Kier alpha value is -1.75. The molecule has 0 aromatic heterocycles. The fourth-order valence-corrected chi connectivity index (χ4v) is 1.93. The minimum absolute atomic E-state index is 0.0512. The Morgan fingerprint density at radius 2 is 2.10 bits per heavy atom. The largest absolute Gasteiger partial charge is 0.481 e. The van der Waals surface area contributed by atoms with E-state index in [0.29, 0.717) is 12.3 Å². The van der Waals surface area contributed by atoms with Gasteiger partial charge >= 0.3 is 5.97 Å². The third-order valence-corrected chi connectivity index (χ3v) is 3.26. The summed E-state index contributed by atoms with van der Waals surface area (Å²) in [7, 11) is 0. The van der Waals surface area contributed by atoms with Gasteiger partial charge in [-0.3, -0.25) is 4.79 Å². The number of carbonyl (C=O) groups is 2. The molecule has 0 aliphatic carbocycles. The highest BCUT2D eigenvalue weighted by atomic mass is 35.5. The zero-order valence-corrected chi connectivity index (χ0v) is 12.9. The van der Waals surface area contributed by atoms with Gasteiger partial charge in [0.1, 0.15) is 5.75 Å². The van der Waals surface area contributed by atoms with Crippen LogP contribution in [-0.2, 0) is 4.79 Å². The van der Waals surface area contributed by atoms with Crippen LogP contribution < -0.4 is 10.1 Å². The second-order valence-electron chi connectivity index (χ2n) is 4.71. The van der Waals surface area contributed by atoms with Crippen molar-refractivity contribution in [3.63, 3.8) is 0 Å². The van der Waals surface area contributed by atoms with E-state index in [4.69, 9.17) is 21.4 Å². The number of hydrogen-bond acceptors (Lipinski definition) is 3. The van der Waals surface area contributed by atoms with Gasteiger partial charge in [0.2, 0.25) is 0 Å². The number of rotatable bonds is 8. The summed E-state index contributed by atoms with van der Waals surface area (Å²) in [4.78, 5) is 22.8. The maximum absolute atomic E-state index is 11.8. The van der Waals surface area contributed by atoms with Crippen LogP contribution in [0.2, 0.25) is 5.02 Å². The lowest BCUT2D eigenvalue weighted by molar-refractivity contribution is -0.127. The molecule has 0 aliphatic heterocycles. The van der Waals surface area contributed by atoms with Gasteiger partial charge < -0.3 is 15.2 Å². The first kappa shape index (κ1) is 17.3. The van der Waals surface area contributed by atoms with E-state index in [2.05, 4.69) is 12.2 Å². The van der Waals surface area contributed by atoms with Gasteiger partial charge in [0.15, 0.2) is 6.10 Å². The Kier molecular flexibility index (Phi) is 7.02. The third-order valence-electron chi connectivity index (χ3n) is 2.93. The van der Waals surface area contributed by atoms with Crippen LogP contribution >= 0.6 is 11.6 Å². The molecule has 2 N–H and O–H groups in total. The van der Waals surface area contributed by atoms with Crippen molar-refractivity contribution in [1.29, 1.82) is 0 Å². The van der Waals surface area contributed by atoms with Gasteiger partial charge in [-0.1, -0.05) is 31.4 Å². The first-order chi connectivity index (χ1) is 9.95. The number of carbonyl (C=O) groups excluding carboxylic acids is 1. The summed E-state index contributed by atoms with van der Waals surface area (Å²) in [5.74, 6) is -1.06. The second-order valence-corrected chi connectivity index (χ2v) is 5.11. The maximum Gasteiger partial charge on any atom is 0.337 e. The predicted octanol–water partition coefficient (Wildman–Crippen LogP) is 3.11. The summed E-state index contributed by atoms with van der Waals surface area (Å²) in [5.41, 5.74) is -0.0512. The fraction of sp³-hybridized carbons (Fsp3) is 0.467. The predicted molar refractivity (Wildman–Crippen MR) is 81.0 cm³/mol. The molecule has 5 nitrogen and oxygen atoms in total. The van der Waals surface area contributed by atoms with Crippen molar-refractivity contribution >= 4 is 23.5 Å². The van der Waals surface area contributed by atoms with Crippen LogP contribution in [0.15, 0.2) is 18.2 Å². The number of benzene rings is 1. The van der Waals surface area contributed by atoms with Crippen LogP contribution in [0.3, 0.4) is 0 Å². The Morgan fingerprint density at radius 3 is 2.71 bits per heavy atom. The molecular formula is C15H20ClNO4. The van der Waals surface area contributed by atoms with Crippen molar-refractivity contribution in [1.82, 2.24) is 5.32 Å². The van der Waals surface area contributed by atoms with E-state index in [1.165, 1.54) is 18.2 Å². The first-order valence-corrected chi connectivity index (χ1v) is 7.30. The van der Waals surface area contributed by atoms with Crippen LogP contribution in [0.25, 0.3) is 0 Å². The van der Waals surface area contributed by atoms with Crippen molar-refractivity contribution < 1.29 is 19.4 Å². The normalized spacial score (nSPS) is 11.8. The number of ether oxygens (including phenoxy) is 1. The zero-order chi connectivity index (χ0) is 15.8. The lowest BCUT2D eigenvalue weighted by Crippen LogP contribution is -2.36. The number of halogens is 1. The highest BCUT2D eigenvalue weighted by Gasteiger charge is 2.16. The molecule has 1 aromatic carbocycles. The Morgan fingerprint density at radius 1 is 1.38 bits per heavy atom. The number of carboxylic acid groups (broad SMARTS) is 1. The SMILES string of the molecule is CCCCCNC(=O)C(C)Oc1ccc(Cl)c(C(=O)O)c1. The number of nitrogens with one attached hydrogen (secondary N) is 1. The molecule has 0 spiro atoms. The van der Waals surface area contributed by atoms with Gasteiger partial charge in [-0.05, 0) is 31.5 Å². The van der Waals surface area contributed by atoms with Crippen molar-refractivity contribution in [2.24, 2.45) is 0 Å². The number of aromatic carboxylic acids is 1. The van der Waals surface area contributed by atoms with Crippen LogP contribution in [0, 0.1) is 0 Å². The van der Waals surface area contributed by atoms with E-state index in [9.17, 15) is 9.59 Å². The average molecular weight is 314 g/mol. The highest BCUT2D eigenvalue weighted by molar-refractivity contribution is 6.33. The molecule has 1 atom stereocenters. The van der Waals surface area contributed by atoms with Crippen molar-refractivity contribution in [3.8, 4) is 5.75 Å². The minimum atomic E-state index is -1.14. The van der Waals surface area contributed by atoms with E-state index < -0.39 is 12.1 Å². The molecule has 1 unspecified atom stereocenters. The van der Waals surface area contributed by atoms with Gasteiger partial charge in [0, 0.05) is 6.54 Å². The summed E-state index contributed by atoms with van der Waals surface area (Å²) < 4.78 is 5.44. The Bertz CT molecular complexity index is 504. The van der Waals surface area contributed by atoms with E-state index in [1.54, 1.807) is 6.92 Å². The topological polar surface area (TPSA) is 75.6 Å². The zero-order valence-electron chi connectivity index (χ0n) is 12.2. The summed E-state index contributed by atoms with van der Waals surface area (Å²) in [5, 5.41) is 11.9. The summed E-state index contributed by atoms with van der Waals surface area (Å²) in [6, 6.07) is 4.29. The molecule has 0 aliphatic rings. The molecule has 1 rings (SSSR count). The molecule has 0 fully saturated rings. The quantitative estimate of drug-likeness (QED) is 0.723. The molecule has 0 saturated carbocycles. The maximum atomic E-state index is 11.8. The van der Waals surface area contributed by atoms with Crippen LogP contribution in [-0.4, -0.2) is 29.6 Å². The van der Waals surface area contributed by atoms with Gasteiger partial charge in [0.25, 0.3) is 5.91 Å². The molecule has 0 saturated heterocycles. The van der Waals surface area contributed by atoms with E-state index in [1.807, 2.05) is 0 Å². The third kappa shape index (κ3) is 5.63. The van der Waals surface area contributed by atoms with Crippen LogP contribution in [0.4, 0.5) is 0 Å². The monoisotopic (exact) mass is 313 g/mol. The fourth-order valence-electron chi connectivity index (χ4n) is 1.73. The van der Waals surface area contributed by atoms with E-state index in [0.717, 1.165) is 19.3 Å². The van der Waals surface area contributed by atoms with Crippen molar-refractivity contribution in [2.75, 3.05) is 6.54 Å². The van der Waals surface area contributed by atoms with Crippen molar-refractivity contribution in [3.05, 3.63) is 28.8 Å². The summed E-state index contributed by atoms with van der Waals surface area (Å²) >= 11 is 5.77.